The quantitative estimate of drug-likeness (QED) is 0.774. The molecule has 3 N–H and O–H groups in total. The third-order valence-electron chi connectivity index (χ3n) is 2.86. The molecule has 0 spiro atoms. The zero-order valence-electron chi connectivity index (χ0n) is 12.1. The van der Waals surface area contributed by atoms with Gasteiger partial charge in [0.05, 0.1) is 12.1 Å². The number of hydrogen-bond donors (Lipinski definition) is 2. The minimum absolute atomic E-state index is 0.244. The molecule has 0 aliphatic heterocycles. The topological polar surface area (TPSA) is 73.6 Å². The number of amides is 1. The van der Waals surface area contributed by atoms with E-state index in [0.717, 1.165) is 12.1 Å². The number of methoxy groups -OCH3 is 1. The van der Waals surface area contributed by atoms with Crippen molar-refractivity contribution >= 4 is 28.8 Å². The van der Waals surface area contributed by atoms with Crippen LogP contribution in [0.4, 0.5) is 0 Å². The normalized spacial score (nSPS) is 10.5. The van der Waals surface area contributed by atoms with Crippen molar-refractivity contribution in [3.8, 4) is 11.5 Å². The van der Waals surface area contributed by atoms with Gasteiger partial charge >= 0.3 is 0 Å². The second-order valence-corrected chi connectivity index (χ2v) is 5.99. The number of ether oxygens (including phenoxy) is 2. The average Bonchev–Trinajstić information content (AvgIpc) is 2.98. The van der Waals surface area contributed by atoms with E-state index in [9.17, 15) is 4.79 Å². The number of thiophene rings is 1. The smallest absolute Gasteiger partial charge is 0.255 e. The summed E-state index contributed by atoms with van der Waals surface area (Å²) in [6.07, 6.45) is 0. The van der Waals surface area contributed by atoms with Gasteiger partial charge in [-0.3, -0.25) is 4.79 Å². The minimum atomic E-state index is -0.570. The maximum atomic E-state index is 10.8. The SMILES string of the molecule is COc1cc(CNCc2cccs2)cc(Cl)c1OCC(N)=O. The van der Waals surface area contributed by atoms with Crippen LogP contribution in [0.1, 0.15) is 10.4 Å². The molecule has 1 aromatic heterocycles. The molecule has 7 heteroatoms. The fourth-order valence-electron chi connectivity index (χ4n) is 1.90. The molecule has 1 heterocycles. The Hall–Kier alpha value is -1.76. The summed E-state index contributed by atoms with van der Waals surface area (Å²) in [5, 5.41) is 5.76. The van der Waals surface area contributed by atoms with E-state index in [0.29, 0.717) is 23.1 Å². The molecular weight excluding hydrogens is 324 g/mol. The number of benzene rings is 1. The van der Waals surface area contributed by atoms with E-state index in [1.54, 1.807) is 17.4 Å². The lowest BCUT2D eigenvalue weighted by molar-refractivity contribution is -0.119. The van der Waals surface area contributed by atoms with Gasteiger partial charge in [0, 0.05) is 18.0 Å². The summed E-state index contributed by atoms with van der Waals surface area (Å²) in [6.45, 7) is 1.19. The molecule has 118 valence electrons. The van der Waals surface area contributed by atoms with Gasteiger partial charge in [0.15, 0.2) is 18.1 Å². The van der Waals surface area contributed by atoms with Gasteiger partial charge in [0.1, 0.15) is 0 Å². The molecule has 2 rings (SSSR count). The highest BCUT2D eigenvalue weighted by molar-refractivity contribution is 7.09. The fraction of sp³-hybridized carbons (Fsp3) is 0.267. The third kappa shape index (κ3) is 4.62. The number of nitrogens with two attached hydrogens (primary N) is 1. The van der Waals surface area contributed by atoms with Gasteiger partial charge in [0.25, 0.3) is 5.91 Å². The molecule has 1 aromatic carbocycles. The molecule has 1 amide bonds. The van der Waals surface area contributed by atoms with Crippen molar-refractivity contribution in [2.45, 2.75) is 13.1 Å². The van der Waals surface area contributed by atoms with Crippen LogP contribution in [0.2, 0.25) is 5.02 Å². The molecule has 0 aliphatic rings. The first kappa shape index (κ1) is 16.6. The average molecular weight is 341 g/mol. The molecule has 0 fully saturated rings. The third-order valence-corrected chi connectivity index (χ3v) is 4.01. The second-order valence-electron chi connectivity index (χ2n) is 4.55. The highest BCUT2D eigenvalue weighted by Gasteiger charge is 2.13. The van der Waals surface area contributed by atoms with Gasteiger partial charge in [0.2, 0.25) is 0 Å². The van der Waals surface area contributed by atoms with Gasteiger partial charge in [-0.1, -0.05) is 17.7 Å². The zero-order chi connectivity index (χ0) is 15.9. The second kappa shape index (κ2) is 8.03. The number of carbonyl (C=O) groups excluding carboxylic acids is 1. The first-order chi connectivity index (χ1) is 10.6. The number of rotatable bonds is 8. The van der Waals surface area contributed by atoms with E-state index in [2.05, 4.69) is 11.4 Å². The van der Waals surface area contributed by atoms with Crippen molar-refractivity contribution in [1.29, 1.82) is 0 Å². The largest absolute Gasteiger partial charge is 0.493 e. The molecule has 22 heavy (non-hydrogen) atoms. The number of nitrogens with one attached hydrogen (secondary N) is 1. The fourth-order valence-corrected chi connectivity index (χ4v) is 2.86. The first-order valence-corrected chi connectivity index (χ1v) is 7.86. The summed E-state index contributed by atoms with van der Waals surface area (Å²) in [4.78, 5) is 12.1. The summed E-state index contributed by atoms with van der Waals surface area (Å²) in [7, 11) is 1.52. The van der Waals surface area contributed by atoms with Gasteiger partial charge in [-0.25, -0.2) is 0 Å². The molecule has 0 saturated carbocycles. The summed E-state index contributed by atoms with van der Waals surface area (Å²) >= 11 is 7.90. The van der Waals surface area contributed by atoms with Gasteiger partial charge in [-0.2, -0.15) is 0 Å². The summed E-state index contributed by atoms with van der Waals surface area (Å²) < 4.78 is 10.6. The van der Waals surface area contributed by atoms with Crippen LogP contribution >= 0.6 is 22.9 Å². The summed E-state index contributed by atoms with van der Waals surface area (Å²) in [5.41, 5.74) is 6.03. The highest BCUT2D eigenvalue weighted by atomic mass is 35.5. The number of halogens is 1. The van der Waals surface area contributed by atoms with Crippen molar-refractivity contribution in [3.63, 3.8) is 0 Å². The van der Waals surface area contributed by atoms with Crippen molar-refractivity contribution < 1.29 is 14.3 Å². The van der Waals surface area contributed by atoms with Crippen LogP contribution in [0.3, 0.4) is 0 Å². The predicted molar refractivity (Wildman–Crippen MR) is 87.6 cm³/mol. The molecule has 5 nitrogen and oxygen atoms in total. The van der Waals surface area contributed by atoms with Crippen molar-refractivity contribution in [3.05, 3.63) is 45.1 Å². The van der Waals surface area contributed by atoms with Crippen LogP contribution in [0.25, 0.3) is 0 Å². The highest BCUT2D eigenvalue weighted by Crippen LogP contribution is 2.36. The lowest BCUT2D eigenvalue weighted by Gasteiger charge is -2.13. The lowest BCUT2D eigenvalue weighted by Crippen LogP contribution is -2.20. The van der Waals surface area contributed by atoms with Crippen LogP contribution in [-0.4, -0.2) is 19.6 Å². The Morgan fingerprint density at radius 1 is 1.41 bits per heavy atom. The van der Waals surface area contributed by atoms with Gasteiger partial charge in [-0.15, -0.1) is 11.3 Å². The lowest BCUT2D eigenvalue weighted by atomic mass is 10.2. The first-order valence-electron chi connectivity index (χ1n) is 6.60. The zero-order valence-corrected chi connectivity index (χ0v) is 13.7. The molecule has 0 saturated heterocycles. The Balaban J connectivity index is 2.03. The summed E-state index contributed by atoms with van der Waals surface area (Å²) in [6, 6.07) is 7.70. The van der Waals surface area contributed by atoms with Crippen LogP contribution < -0.4 is 20.5 Å². The van der Waals surface area contributed by atoms with Gasteiger partial charge < -0.3 is 20.5 Å². The Morgan fingerprint density at radius 2 is 2.23 bits per heavy atom. The molecule has 0 unspecified atom stereocenters. The Labute approximate surface area is 138 Å². The standard InChI is InChI=1S/C15H17ClN2O3S/c1-20-13-6-10(7-18-8-11-3-2-4-22-11)5-12(16)15(13)21-9-14(17)19/h2-6,18H,7-9H2,1H3,(H2,17,19). The van der Waals surface area contributed by atoms with Crippen molar-refractivity contribution in [1.82, 2.24) is 5.32 Å². The Morgan fingerprint density at radius 3 is 2.86 bits per heavy atom. The van der Waals surface area contributed by atoms with E-state index < -0.39 is 5.91 Å². The maximum Gasteiger partial charge on any atom is 0.255 e. The Bertz CT molecular complexity index is 632. The predicted octanol–water partition coefficient (Wildman–Crippen LogP) is 2.56. The van der Waals surface area contributed by atoms with Crippen LogP contribution in [0.5, 0.6) is 11.5 Å². The van der Waals surface area contributed by atoms with E-state index in [-0.39, 0.29) is 6.61 Å². The van der Waals surface area contributed by atoms with Gasteiger partial charge in [-0.05, 0) is 29.1 Å². The van der Waals surface area contributed by atoms with E-state index in [4.69, 9.17) is 26.8 Å². The molecular formula is C15H17ClN2O3S. The van der Waals surface area contributed by atoms with E-state index in [1.807, 2.05) is 17.5 Å². The molecule has 0 bridgehead atoms. The number of hydrogen-bond acceptors (Lipinski definition) is 5. The number of carbonyl (C=O) groups is 1. The van der Waals surface area contributed by atoms with Crippen LogP contribution in [0.15, 0.2) is 29.6 Å². The summed E-state index contributed by atoms with van der Waals surface area (Å²) in [5.74, 6) is 0.228. The van der Waals surface area contributed by atoms with Crippen LogP contribution in [-0.2, 0) is 17.9 Å². The molecule has 0 radical (unpaired) electrons. The van der Waals surface area contributed by atoms with Crippen LogP contribution in [0, 0.1) is 0 Å². The van der Waals surface area contributed by atoms with Crippen molar-refractivity contribution in [2.24, 2.45) is 5.73 Å². The number of primary amides is 1. The monoisotopic (exact) mass is 340 g/mol. The molecule has 0 atom stereocenters. The maximum absolute atomic E-state index is 10.8. The molecule has 0 aliphatic carbocycles. The minimum Gasteiger partial charge on any atom is -0.493 e. The van der Waals surface area contributed by atoms with E-state index in [1.165, 1.54) is 12.0 Å². The van der Waals surface area contributed by atoms with Crippen molar-refractivity contribution in [2.75, 3.05) is 13.7 Å². The van der Waals surface area contributed by atoms with E-state index >= 15 is 0 Å². The Kier molecular flexibility index (Phi) is 6.06. The molecule has 2 aromatic rings.